The van der Waals surface area contributed by atoms with Crippen molar-refractivity contribution >= 4 is 36.0 Å². The maximum absolute atomic E-state index is 12.7. The van der Waals surface area contributed by atoms with E-state index in [9.17, 15) is 19.2 Å². The number of imide groups is 1. The fraction of sp³-hybridized carbons (Fsp3) is 0.500. The van der Waals surface area contributed by atoms with Gasteiger partial charge in [0, 0.05) is 30.6 Å². The minimum absolute atomic E-state index is 0. The zero-order valence-corrected chi connectivity index (χ0v) is 17.1. The Morgan fingerprint density at radius 2 is 2.07 bits per heavy atom. The van der Waals surface area contributed by atoms with E-state index in [4.69, 9.17) is 0 Å². The monoisotopic (exact) mass is 420 g/mol. The number of fused-ring (bicyclic) bond motifs is 1. The molecule has 0 aromatic heterocycles. The Morgan fingerprint density at radius 3 is 2.76 bits per heavy atom. The van der Waals surface area contributed by atoms with Gasteiger partial charge in [-0.05, 0) is 56.5 Å². The molecule has 8 nitrogen and oxygen atoms in total. The highest BCUT2D eigenvalue weighted by Crippen LogP contribution is 2.28. The van der Waals surface area contributed by atoms with E-state index in [-0.39, 0.29) is 48.6 Å². The van der Waals surface area contributed by atoms with Gasteiger partial charge >= 0.3 is 0 Å². The van der Waals surface area contributed by atoms with Crippen molar-refractivity contribution in [3.8, 4) is 0 Å². The van der Waals surface area contributed by atoms with E-state index in [1.165, 1.54) is 4.90 Å². The molecule has 0 radical (unpaired) electrons. The SMILES string of the molecule is CC1(NC(=O)c2ccc3c(c2)CN(C2CCC(=O)NC2=O)C3=O)CCCNC1.Cl. The topological polar surface area (TPSA) is 108 Å². The lowest BCUT2D eigenvalue weighted by atomic mass is 9.92. The number of nitrogens with zero attached hydrogens (tertiary/aromatic N) is 1. The first-order chi connectivity index (χ1) is 13.4. The molecule has 4 amide bonds. The van der Waals surface area contributed by atoms with Crippen LogP contribution in [0.4, 0.5) is 0 Å². The molecule has 156 valence electrons. The molecule has 2 unspecified atom stereocenters. The van der Waals surface area contributed by atoms with E-state index in [2.05, 4.69) is 16.0 Å². The van der Waals surface area contributed by atoms with Gasteiger partial charge in [-0.3, -0.25) is 24.5 Å². The van der Waals surface area contributed by atoms with E-state index >= 15 is 0 Å². The fourth-order valence-corrected chi connectivity index (χ4v) is 4.22. The van der Waals surface area contributed by atoms with E-state index in [0.29, 0.717) is 17.5 Å². The average molecular weight is 421 g/mol. The molecule has 29 heavy (non-hydrogen) atoms. The van der Waals surface area contributed by atoms with Gasteiger partial charge in [-0.2, -0.15) is 0 Å². The van der Waals surface area contributed by atoms with Gasteiger partial charge in [0.05, 0.1) is 5.54 Å². The van der Waals surface area contributed by atoms with Gasteiger partial charge in [-0.1, -0.05) is 0 Å². The van der Waals surface area contributed by atoms with Crippen molar-refractivity contribution in [3.05, 3.63) is 34.9 Å². The number of hydrogen-bond donors (Lipinski definition) is 3. The van der Waals surface area contributed by atoms with E-state index < -0.39 is 11.9 Å². The fourth-order valence-electron chi connectivity index (χ4n) is 4.22. The van der Waals surface area contributed by atoms with Gasteiger partial charge in [-0.25, -0.2) is 0 Å². The first-order valence-corrected chi connectivity index (χ1v) is 9.67. The summed E-state index contributed by atoms with van der Waals surface area (Å²) in [4.78, 5) is 50.4. The number of nitrogens with one attached hydrogen (secondary N) is 3. The van der Waals surface area contributed by atoms with Gasteiger partial charge in [0.1, 0.15) is 6.04 Å². The number of halogens is 1. The summed E-state index contributed by atoms with van der Waals surface area (Å²) in [5, 5.41) is 8.69. The molecule has 1 aromatic rings. The molecule has 3 aliphatic heterocycles. The van der Waals surface area contributed by atoms with Gasteiger partial charge in [0.2, 0.25) is 11.8 Å². The third-order valence-electron chi connectivity index (χ3n) is 5.80. The summed E-state index contributed by atoms with van der Waals surface area (Å²) >= 11 is 0. The van der Waals surface area contributed by atoms with Crippen LogP contribution in [-0.4, -0.2) is 53.2 Å². The Hall–Kier alpha value is -2.45. The number of hydrogen-bond acceptors (Lipinski definition) is 5. The second kappa shape index (κ2) is 8.12. The van der Waals surface area contributed by atoms with Crippen molar-refractivity contribution in [1.82, 2.24) is 20.9 Å². The number of amides is 4. The largest absolute Gasteiger partial charge is 0.346 e. The Kier molecular flexibility index (Phi) is 5.95. The molecule has 0 bridgehead atoms. The zero-order chi connectivity index (χ0) is 19.9. The molecule has 9 heteroatoms. The van der Waals surface area contributed by atoms with Gasteiger partial charge in [-0.15, -0.1) is 12.4 Å². The van der Waals surface area contributed by atoms with Crippen molar-refractivity contribution < 1.29 is 19.2 Å². The Balaban J connectivity index is 0.00000240. The highest BCUT2D eigenvalue weighted by atomic mass is 35.5. The lowest BCUT2D eigenvalue weighted by Gasteiger charge is -2.35. The molecule has 3 N–H and O–H groups in total. The number of benzene rings is 1. The first-order valence-electron chi connectivity index (χ1n) is 9.67. The summed E-state index contributed by atoms with van der Waals surface area (Å²) in [6, 6.07) is 4.38. The highest BCUT2D eigenvalue weighted by molar-refractivity contribution is 6.06. The smallest absolute Gasteiger partial charge is 0.255 e. The second-order valence-electron chi connectivity index (χ2n) is 8.07. The molecule has 3 aliphatic rings. The van der Waals surface area contributed by atoms with E-state index in [1.807, 2.05) is 6.92 Å². The summed E-state index contributed by atoms with van der Waals surface area (Å²) in [6.07, 6.45) is 2.47. The van der Waals surface area contributed by atoms with Gasteiger partial charge in [0.15, 0.2) is 0 Å². The van der Waals surface area contributed by atoms with Crippen molar-refractivity contribution in [2.24, 2.45) is 0 Å². The molecule has 0 saturated carbocycles. The number of carbonyl (C=O) groups is 4. The summed E-state index contributed by atoms with van der Waals surface area (Å²) in [5.74, 6) is -1.15. The van der Waals surface area contributed by atoms with Crippen LogP contribution in [0.3, 0.4) is 0 Å². The summed E-state index contributed by atoms with van der Waals surface area (Å²) < 4.78 is 0. The van der Waals surface area contributed by atoms with Crippen LogP contribution < -0.4 is 16.0 Å². The zero-order valence-electron chi connectivity index (χ0n) is 16.2. The predicted molar refractivity (Wildman–Crippen MR) is 108 cm³/mol. The molecule has 4 rings (SSSR count). The summed E-state index contributed by atoms with van der Waals surface area (Å²) in [6.45, 7) is 3.98. The predicted octanol–water partition coefficient (Wildman–Crippen LogP) is 0.741. The Bertz CT molecular complexity index is 866. The van der Waals surface area contributed by atoms with Crippen LogP contribution in [0.1, 0.15) is 58.9 Å². The first kappa shape index (κ1) is 21.3. The Morgan fingerprint density at radius 1 is 1.28 bits per heavy atom. The van der Waals surface area contributed by atoms with Crippen LogP contribution in [0.2, 0.25) is 0 Å². The Labute approximate surface area is 175 Å². The van der Waals surface area contributed by atoms with Crippen molar-refractivity contribution in [2.45, 2.75) is 50.7 Å². The van der Waals surface area contributed by atoms with Crippen LogP contribution in [0.5, 0.6) is 0 Å². The van der Waals surface area contributed by atoms with Crippen molar-refractivity contribution in [3.63, 3.8) is 0 Å². The molecule has 1 aromatic carbocycles. The standard InChI is InChI=1S/C20H24N4O4.ClH/c1-20(7-2-8-21-11-20)23-17(26)12-3-4-14-13(9-12)10-24(19(14)28)15-5-6-16(25)22-18(15)27;/h3-4,9,15,21H,2,5-8,10-11H2,1H3,(H,23,26)(H,22,25,27);1H. The molecule has 0 aliphatic carbocycles. The van der Waals surface area contributed by atoms with Gasteiger partial charge < -0.3 is 15.5 Å². The molecule has 2 saturated heterocycles. The highest BCUT2D eigenvalue weighted by Gasteiger charge is 2.39. The maximum Gasteiger partial charge on any atom is 0.255 e. The van der Waals surface area contributed by atoms with Crippen LogP contribution in [-0.2, 0) is 16.1 Å². The summed E-state index contributed by atoms with van der Waals surface area (Å²) in [5.41, 5.74) is 1.45. The van der Waals surface area contributed by atoms with Crippen LogP contribution in [0.15, 0.2) is 18.2 Å². The second-order valence-corrected chi connectivity index (χ2v) is 8.07. The average Bonchev–Trinajstić information content (AvgIpc) is 2.98. The molecule has 0 spiro atoms. The quantitative estimate of drug-likeness (QED) is 0.625. The van der Waals surface area contributed by atoms with Crippen molar-refractivity contribution in [1.29, 1.82) is 0 Å². The third kappa shape index (κ3) is 4.13. The van der Waals surface area contributed by atoms with E-state index in [1.54, 1.807) is 18.2 Å². The van der Waals surface area contributed by atoms with E-state index in [0.717, 1.165) is 31.5 Å². The van der Waals surface area contributed by atoms with Crippen LogP contribution in [0.25, 0.3) is 0 Å². The van der Waals surface area contributed by atoms with Crippen molar-refractivity contribution in [2.75, 3.05) is 13.1 Å². The molecule has 2 atom stereocenters. The molecule has 3 heterocycles. The minimum Gasteiger partial charge on any atom is -0.346 e. The lowest BCUT2D eigenvalue weighted by Crippen LogP contribution is -2.55. The number of carbonyl (C=O) groups excluding carboxylic acids is 4. The lowest BCUT2D eigenvalue weighted by molar-refractivity contribution is -0.136. The maximum atomic E-state index is 12.7. The third-order valence-corrected chi connectivity index (χ3v) is 5.80. The normalized spacial score (nSPS) is 26.4. The molecular formula is C20H25ClN4O4. The number of rotatable bonds is 3. The number of piperidine rings is 2. The minimum atomic E-state index is -0.651. The van der Waals surface area contributed by atoms with Crippen LogP contribution in [0, 0.1) is 0 Å². The van der Waals surface area contributed by atoms with Crippen LogP contribution >= 0.6 is 12.4 Å². The summed E-state index contributed by atoms with van der Waals surface area (Å²) in [7, 11) is 0. The van der Waals surface area contributed by atoms with Gasteiger partial charge in [0.25, 0.3) is 11.8 Å². The molecular weight excluding hydrogens is 396 g/mol. The molecule has 2 fully saturated rings.